The molecular formula is C6H12N4O2. The quantitative estimate of drug-likeness (QED) is 0.216. The fourth-order valence-electron chi connectivity index (χ4n) is 0.696. The molecule has 0 aromatic carbocycles. The zero-order valence-corrected chi connectivity index (χ0v) is 6.93. The van der Waals surface area contributed by atoms with Crippen LogP contribution in [-0.2, 0) is 9.53 Å². The number of nitrogens with two attached hydrogens (primary N) is 1. The van der Waals surface area contributed by atoms with E-state index in [-0.39, 0.29) is 0 Å². The molecule has 0 aromatic rings. The third-order valence-electron chi connectivity index (χ3n) is 1.34. The lowest BCUT2D eigenvalue weighted by molar-refractivity contribution is -0.142. The van der Waals surface area contributed by atoms with Gasteiger partial charge in [-0.3, -0.25) is 4.79 Å². The van der Waals surface area contributed by atoms with Crippen molar-refractivity contribution >= 4 is 5.97 Å². The Kier molecular flexibility index (Phi) is 5.77. The maximum absolute atomic E-state index is 10.7. The maximum Gasteiger partial charge on any atom is 0.322 e. The zero-order chi connectivity index (χ0) is 9.40. The normalized spacial score (nSPS) is 11.5. The largest absolute Gasteiger partial charge is 0.468 e. The number of methoxy groups -OCH3 is 1. The topological polar surface area (TPSA) is 101 Å². The molecule has 0 rings (SSSR count). The van der Waals surface area contributed by atoms with Gasteiger partial charge in [-0.05, 0) is 18.4 Å². The molecule has 0 unspecified atom stereocenters. The highest BCUT2D eigenvalue weighted by atomic mass is 16.5. The summed E-state index contributed by atoms with van der Waals surface area (Å²) < 4.78 is 4.40. The number of rotatable bonds is 5. The first-order valence-electron chi connectivity index (χ1n) is 3.56. The van der Waals surface area contributed by atoms with Crippen molar-refractivity contribution in [3.63, 3.8) is 0 Å². The molecule has 6 heteroatoms. The van der Waals surface area contributed by atoms with Crippen molar-refractivity contribution in [3.8, 4) is 0 Å². The van der Waals surface area contributed by atoms with E-state index in [9.17, 15) is 4.79 Å². The molecule has 2 N–H and O–H groups in total. The second kappa shape index (κ2) is 6.45. The highest BCUT2D eigenvalue weighted by molar-refractivity contribution is 5.75. The van der Waals surface area contributed by atoms with E-state index < -0.39 is 12.0 Å². The van der Waals surface area contributed by atoms with E-state index in [1.807, 2.05) is 0 Å². The van der Waals surface area contributed by atoms with Gasteiger partial charge in [0.1, 0.15) is 6.04 Å². The van der Waals surface area contributed by atoms with Crippen LogP contribution in [0.5, 0.6) is 0 Å². The van der Waals surface area contributed by atoms with Gasteiger partial charge in [0.2, 0.25) is 0 Å². The van der Waals surface area contributed by atoms with Gasteiger partial charge in [0.25, 0.3) is 0 Å². The molecule has 0 saturated heterocycles. The minimum absolute atomic E-state index is 0.362. The SMILES string of the molecule is COC(=O)[C@@H](N)CCCN=[N+]=[N-]. The molecule has 0 aliphatic rings. The number of esters is 1. The van der Waals surface area contributed by atoms with Crippen molar-refractivity contribution in [1.82, 2.24) is 0 Å². The van der Waals surface area contributed by atoms with E-state index >= 15 is 0 Å². The molecule has 0 spiro atoms. The monoisotopic (exact) mass is 172 g/mol. The van der Waals surface area contributed by atoms with Crippen LogP contribution < -0.4 is 5.73 Å². The summed E-state index contributed by atoms with van der Waals surface area (Å²) in [4.78, 5) is 13.3. The Morgan fingerprint density at radius 1 is 1.83 bits per heavy atom. The molecule has 0 radical (unpaired) electrons. The predicted molar refractivity (Wildman–Crippen MR) is 43.2 cm³/mol. The molecule has 0 aromatic heterocycles. The van der Waals surface area contributed by atoms with Crippen LogP contribution in [0.15, 0.2) is 5.11 Å². The minimum atomic E-state index is -0.608. The summed E-state index contributed by atoms with van der Waals surface area (Å²) in [6, 6.07) is -0.608. The highest BCUT2D eigenvalue weighted by Gasteiger charge is 2.11. The second-order valence-electron chi connectivity index (χ2n) is 2.23. The first-order chi connectivity index (χ1) is 5.72. The van der Waals surface area contributed by atoms with Crippen LogP contribution in [0.2, 0.25) is 0 Å². The number of carbonyl (C=O) groups excluding carboxylic acids is 1. The van der Waals surface area contributed by atoms with Crippen LogP contribution in [0.25, 0.3) is 10.4 Å². The molecule has 0 fully saturated rings. The van der Waals surface area contributed by atoms with Gasteiger partial charge < -0.3 is 10.5 Å². The average molecular weight is 172 g/mol. The van der Waals surface area contributed by atoms with Gasteiger partial charge >= 0.3 is 5.97 Å². The third-order valence-corrected chi connectivity index (χ3v) is 1.34. The van der Waals surface area contributed by atoms with Crippen LogP contribution in [0.3, 0.4) is 0 Å². The van der Waals surface area contributed by atoms with Crippen molar-refractivity contribution in [2.24, 2.45) is 10.8 Å². The molecule has 0 bridgehead atoms. The maximum atomic E-state index is 10.7. The molecule has 0 aliphatic heterocycles. The zero-order valence-electron chi connectivity index (χ0n) is 6.93. The van der Waals surface area contributed by atoms with Crippen molar-refractivity contribution in [1.29, 1.82) is 0 Å². The molecule has 6 nitrogen and oxygen atoms in total. The van der Waals surface area contributed by atoms with Crippen molar-refractivity contribution < 1.29 is 9.53 Å². The number of nitrogens with zero attached hydrogens (tertiary/aromatic N) is 3. The van der Waals surface area contributed by atoms with E-state index in [1.165, 1.54) is 7.11 Å². The van der Waals surface area contributed by atoms with Gasteiger partial charge in [-0.15, -0.1) is 0 Å². The van der Waals surface area contributed by atoms with Gasteiger partial charge in [0.15, 0.2) is 0 Å². The molecule has 0 heterocycles. The van der Waals surface area contributed by atoms with E-state index in [1.54, 1.807) is 0 Å². The summed E-state index contributed by atoms with van der Waals surface area (Å²) in [7, 11) is 1.29. The van der Waals surface area contributed by atoms with Crippen LogP contribution in [0.1, 0.15) is 12.8 Å². The number of azide groups is 1. The Bertz CT molecular complexity index is 188. The summed E-state index contributed by atoms with van der Waals surface area (Å²) >= 11 is 0. The van der Waals surface area contributed by atoms with Crippen LogP contribution in [0.4, 0.5) is 0 Å². The van der Waals surface area contributed by atoms with Crippen LogP contribution >= 0.6 is 0 Å². The first-order valence-corrected chi connectivity index (χ1v) is 3.56. The summed E-state index contributed by atoms with van der Waals surface area (Å²) in [6.45, 7) is 0.362. The lowest BCUT2D eigenvalue weighted by Gasteiger charge is -2.06. The molecule has 0 amide bonds. The molecule has 68 valence electrons. The smallest absolute Gasteiger partial charge is 0.322 e. The Balaban J connectivity index is 3.49. The number of hydrogen-bond donors (Lipinski definition) is 1. The Labute approximate surface area is 70.3 Å². The Morgan fingerprint density at radius 3 is 3.00 bits per heavy atom. The van der Waals surface area contributed by atoms with Gasteiger partial charge in [0.05, 0.1) is 7.11 Å². The second-order valence-corrected chi connectivity index (χ2v) is 2.23. The lowest BCUT2D eigenvalue weighted by Crippen LogP contribution is -2.31. The highest BCUT2D eigenvalue weighted by Crippen LogP contribution is 1.96. The fourth-order valence-corrected chi connectivity index (χ4v) is 0.696. The summed E-state index contributed by atoms with van der Waals surface area (Å²) in [6.07, 6.45) is 1.08. The van der Waals surface area contributed by atoms with Crippen molar-refractivity contribution in [2.75, 3.05) is 13.7 Å². The number of hydrogen-bond acceptors (Lipinski definition) is 4. The third kappa shape index (κ3) is 4.54. The minimum Gasteiger partial charge on any atom is -0.468 e. The fraction of sp³-hybridized carbons (Fsp3) is 0.833. The summed E-state index contributed by atoms with van der Waals surface area (Å²) in [5, 5.41) is 3.30. The predicted octanol–water partition coefficient (Wildman–Crippen LogP) is 0.577. The van der Waals surface area contributed by atoms with Crippen molar-refractivity contribution in [3.05, 3.63) is 10.4 Å². The summed E-state index contributed by atoms with van der Waals surface area (Å²) in [5.41, 5.74) is 13.3. The van der Waals surface area contributed by atoms with E-state index in [0.717, 1.165) is 0 Å². The Hall–Kier alpha value is -1.26. The van der Waals surface area contributed by atoms with E-state index in [4.69, 9.17) is 11.3 Å². The van der Waals surface area contributed by atoms with Crippen LogP contribution in [0, 0.1) is 0 Å². The Morgan fingerprint density at radius 2 is 2.50 bits per heavy atom. The van der Waals surface area contributed by atoms with Gasteiger partial charge in [-0.25, -0.2) is 0 Å². The molecule has 12 heavy (non-hydrogen) atoms. The summed E-state index contributed by atoms with van der Waals surface area (Å²) in [5.74, 6) is -0.434. The van der Waals surface area contributed by atoms with E-state index in [0.29, 0.717) is 19.4 Å². The number of ether oxygens (including phenoxy) is 1. The standard InChI is InChI=1S/C6H12N4O2/c1-12-6(11)5(7)3-2-4-9-10-8/h5H,2-4,7H2,1H3/t5-/m0/s1. The van der Waals surface area contributed by atoms with Gasteiger partial charge in [0, 0.05) is 11.5 Å². The van der Waals surface area contributed by atoms with E-state index in [2.05, 4.69) is 14.8 Å². The van der Waals surface area contributed by atoms with Crippen LogP contribution in [-0.4, -0.2) is 25.7 Å². The average Bonchev–Trinajstić information content (AvgIpc) is 2.10. The number of carbonyl (C=O) groups is 1. The first kappa shape index (κ1) is 10.7. The van der Waals surface area contributed by atoms with Gasteiger partial charge in [-0.2, -0.15) is 0 Å². The molecular weight excluding hydrogens is 160 g/mol. The van der Waals surface area contributed by atoms with Crippen molar-refractivity contribution in [2.45, 2.75) is 18.9 Å². The molecule has 1 atom stereocenters. The molecule has 0 saturated carbocycles. The molecule has 0 aliphatic carbocycles. The van der Waals surface area contributed by atoms with Gasteiger partial charge in [-0.1, -0.05) is 5.11 Å². The lowest BCUT2D eigenvalue weighted by atomic mass is 10.2.